The van der Waals surface area contributed by atoms with E-state index in [-0.39, 0.29) is 29.7 Å². The lowest BCUT2D eigenvalue weighted by Gasteiger charge is -2.25. The molecule has 0 radical (unpaired) electrons. The van der Waals surface area contributed by atoms with Crippen molar-refractivity contribution in [3.8, 4) is 11.4 Å². The number of piperidine rings is 1. The second-order valence-corrected chi connectivity index (χ2v) is 9.38. The number of hydrogen-bond donors (Lipinski definition) is 1. The van der Waals surface area contributed by atoms with Crippen molar-refractivity contribution < 1.29 is 17.7 Å². The number of benzene rings is 2. The summed E-state index contributed by atoms with van der Waals surface area (Å²) in [6.07, 6.45) is 3.13. The smallest absolute Gasteiger partial charge is 0.246 e. The van der Waals surface area contributed by atoms with Gasteiger partial charge in [0, 0.05) is 18.7 Å². The molecule has 0 unspecified atom stereocenters. The molecule has 31 heavy (non-hydrogen) atoms. The fourth-order valence-electron chi connectivity index (χ4n) is 3.49. The Balaban J connectivity index is 1.37. The average Bonchev–Trinajstić information content (AvgIpc) is 3.28. The largest absolute Gasteiger partial charge is 0.347 e. The topological polar surface area (TPSA) is 105 Å². The van der Waals surface area contributed by atoms with Crippen molar-refractivity contribution in [2.45, 2.75) is 37.1 Å². The van der Waals surface area contributed by atoms with Gasteiger partial charge in [-0.15, -0.1) is 0 Å². The third-order valence-corrected chi connectivity index (χ3v) is 7.09. The quantitative estimate of drug-likeness (QED) is 0.606. The Labute approximate surface area is 181 Å². The van der Waals surface area contributed by atoms with Gasteiger partial charge in [-0.3, -0.25) is 4.79 Å². The van der Waals surface area contributed by atoms with E-state index in [1.54, 1.807) is 24.3 Å². The molecule has 1 aliphatic heterocycles. The van der Waals surface area contributed by atoms with Crippen LogP contribution in [0.1, 0.15) is 30.7 Å². The highest BCUT2D eigenvalue weighted by molar-refractivity contribution is 7.89. The molecule has 2 heterocycles. The van der Waals surface area contributed by atoms with Crippen molar-refractivity contribution in [1.29, 1.82) is 0 Å². The Hall–Kier alpha value is -3.04. The molecular weight excluding hydrogens is 416 g/mol. The second-order valence-electron chi connectivity index (χ2n) is 7.44. The molecule has 1 amide bonds. The molecule has 0 saturated carbocycles. The van der Waals surface area contributed by atoms with E-state index in [1.807, 2.05) is 30.3 Å². The first-order valence-corrected chi connectivity index (χ1v) is 11.7. The lowest BCUT2D eigenvalue weighted by Crippen LogP contribution is -2.35. The Morgan fingerprint density at radius 1 is 1.00 bits per heavy atom. The number of sulfonamides is 1. The summed E-state index contributed by atoms with van der Waals surface area (Å²) < 4.78 is 32.3. The van der Waals surface area contributed by atoms with E-state index in [1.165, 1.54) is 4.31 Å². The van der Waals surface area contributed by atoms with E-state index in [9.17, 15) is 13.2 Å². The monoisotopic (exact) mass is 440 g/mol. The standard InChI is InChI=1S/C22H24N4O4S/c27-20(15-17-7-3-1-4-8-17)23-16-21-24-22(25-30-21)18-9-11-19(12-10-18)31(28,29)26-13-5-2-6-14-26/h1,3-4,7-12H,2,5-6,13-16H2,(H,23,27). The summed E-state index contributed by atoms with van der Waals surface area (Å²) in [5.41, 5.74) is 1.56. The molecule has 0 atom stereocenters. The summed E-state index contributed by atoms with van der Waals surface area (Å²) in [5, 5.41) is 6.69. The van der Waals surface area contributed by atoms with Crippen LogP contribution in [-0.2, 0) is 27.8 Å². The number of nitrogens with zero attached hydrogens (tertiary/aromatic N) is 3. The molecule has 9 heteroatoms. The van der Waals surface area contributed by atoms with Crippen molar-refractivity contribution in [3.05, 3.63) is 66.1 Å². The van der Waals surface area contributed by atoms with Gasteiger partial charge in [0.05, 0.1) is 17.9 Å². The highest BCUT2D eigenvalue weighted by atomic mass is 32.2. The fourth-order valence-corrected chi connectivity index (χ4v) is 5.01. The van der Waals surface area contributed by atoms with Crippen LogP contribution in [0.25, 0.3) is 11.4 Å². The molecule has 1 N–H and O–H groups in total. The highest BCUT2D eigenvalue weighted by Gasteiger charge is 2.25. The van der Waals surface area contributed by atoms with Crippen LogP contribution in [0.5, 0.6) is 0 Å². The van der Waals surface area contributed by atoms with Gasteiger partial charge in [-0.05, 0) is 42.7 Å². The predicted molar refractivity (Wildman–Crippen MR) is 114 cm³/mol. The van der Waals surface area contributed by atoms with Crippen LogP contribution in [0.3, 0.4) is 0 Å². The van der Waals surface area contributed by atoms with Crippen molar-refractivity contribution in [2.75, 3.05) is 13.1 Å². The third kappa shape index (κ3) is 5.18. The number of carbonyl (C=O) groups is 1. The molecule has 0 bridgehead atoms. The number of amides is 1. The van der Waals surface area contributed by atoms with Crippen LogP contribution >= 0.6 is 0 Å². The van der Waals surface area contributed by atoms with Gasteiger partial charge in [0.1, 0.15) is 0 Å². The first-order valence-electron chi connectivity index (χ1n) is 10.3. The molecule has 1 saturated heterocycles. The van der Waals surface area contributed by atoms with Gasteiger partial charge in [0.2, 0.25) is 27.6 Å². The number of hydrogen-bond acceptors (Lipinski definition) is 6. The Kier molecular flexibility index (Phi) is 6.43. The van der Waals surface area contributed by atoms with Gasteiger partial charge in [-0.25, -0.2) is 8.42 Å². The molecule has 162 valence electrons. The maximum Gasteiger partial charge on any atom is 0.246 e. The molecule has 1 fully saturated rings. The molecule has 1 aromatic heterocycles. The number of nitrogens with one attached hydrogen (secondary N) is 1. The zero-order chi connectivity index (χ0) is 21.7. The van der Waals surface area contributed by atoms with E-state index in [0.717, 1.165) is 24.8 Å². The van der Waals surface area contributed by atoms with Crippen molar-refractivity contribution in [2.24, 2.45) is 0 Å². The van der Waals surface area contributed by atoms with Gasteiger partial charge in [-0.2, -0.15) is 9.29 Å². The molecule has 1 aliphatic rings. The van der Waals surface area contributed by atoms with Crippen LogP contribution in [0, 0.1) is 0 Å². The average molecular weight is 441 g/mol. The minimum Gasteiger partial charge on any atom is -0.347 e. The van der Waals surface area contributed by atoms with Crippen molar-refractivity contribution >= 4 is 15.9 Å². The first kappa shape index (κ1) is 21.2. The maximum absolute atomic E-state index is 12.8. The summed E-state index contributed by atoms with van der Waals surface area (Å²) in [5.74, 6) is 0.480. The minimum absolute atomic E-state index is 0.125. The van der Waals surface area contributed by atoms with Crippen molar-refractivity contribution in [1.82, 2.24) is 19.8 Å². The highest BCUT2D eigenvalue weighted by Crippen LogP contribution is 2.23. The van der Waals surface area contributed by atoms with Gasteiger partial charge in [0.25, 0.3) is 0 Å². The molecule has 2 aromatic carbocycles. The fraction of sp³-hybridized carbons (Fsp3) is 0.318. The van der Waals surface area contributed by atoms with Gasteiger partial charge in [-0.1, -0.05) is 41.9 Å². The predicted octanol–water partition coefficient (Wildman–Crippen LogP) is 2.77. The Bertz CT molecular complexity index is 1120. The number of carbonyl (C=O) groups excluding carboxylic acids is 1. The Morgan fingerprint density at radius 3 is 2.42 bits per heavy atom. The third-order valence-electron chi connectivity index (χ3n) is 5.18. The van der Waals surface area contributed by atoms with E-state index in [4.69, 9.17) is 4.52 Å². The zero-order valence-electron chi connectivity index (χ0n) is 17.0. The lowest BCUT2D eigenvalue weighted by atomic mass is 10.1. The van der Waals surface area contributed by atoms with Crippen LogP contribution in [0.2, 0.25) is 0 Å². The molecular formula is C22H24N4O4S. The number of aromatic nitrogens is 2. The van der Waals surface area contributed by atoms with Crippen LogP contribution in [0.15, 0.2) is 64.0 Å². The molecule has 3 aromatic rings. The lowest BCUT2D eigenvalue weighted by molar-refractivity contribution is -0.120. The van der Waals surface area contributed by atoms with Gasteiger partial charge >= 0.3 is 0 Å². The normalized spacial score (nSPS) is 15.0. The summed E-state index contributed by atoms with van der Waals surface area (Å²) in [6.45, 7) is 1.25. The van der Waals surface area contributed by atoms with Crippen molar-refractivity contribution in [3.63, 3.8) is 0 Å². The number of rotatable bonds is 7. The summed E-state index contributed by atoms with van der Waals surface area (Å²) >= 11 is 0. The van der Waals surface area contributed by atoms with Crippen LogP contribution in [0.4, 0.5) is 0 Å². The van der Waals surface area contributed by atoms with E-state index < -0.39 is 10.0 Å². The molecule has 0 aliphatic carbocycles. The van der Waals surface area contributed by atoms with Crippen LogP contribution in [-0.4, -0.2) is 41.9 Å². The van der Waals surface area contributed by atoms with Crippen LogP contribution < -0.4 is 5.32 Å². The maximum atomic E-state index is 12.8. The zero-order valence-corrected chi connectivity index (χ0v) is 17.8. The van der Waals surface area contributed by atoms with E-state index >= 15 is 0 Å². The van der Waals surface area contributed by atoms with E-state index in [0.29, 0.717) is 24.5 Å². The second kappa shape index (κ2) is 9.40. The Morgan fingerprint density at radius 2 is 1.71 bits per heavy atom. The molecule has 4 rings (SSSR count). The van der Waals surface area contributed by atoms with E-state index in [2.05, 4.69) is 15.5 Å². The summed E-state index contributed by atoms with van der Waals surface area (Å²) in [6, 6.07) is 15.9. The molecule has 0 spiro atoms. The molecule has 8 nitrogen and oxygen atoms in total. The first-order chi connectivity index (χ1) is 15.0. The summed E-state index contributed by atoms with van der Waals surface area (Å²) in [7, 11) is -3.48. The van der Waals surface area contributed by atoms with Gasteiger partial charge in [0.15, 0.2) is 0 Å². The summed E-state index contributed by atoms with van der Waals surface area (Å²) in [4.78, 5) is 16.6. The minimum atomic E-state index is -3.48. The SMILES string of the molecule is O=C(Cc1ccccc1)NCc1nc(-c2ccc(S(=O)(=O)N3CCCCC3)cc2)no1. The van der Waals surface area contributed by atoms with Gasteiger partial charge < -0.3 is 9.84 Å².